The number of thiophene rings is 1. The molecule has 0 saturated heterocycles. The minimum absolute atomic E-state index is 0.0487. The molecular weight excluding hydrogens is 296 g/mol. The molecule has 1 aromatic heterocycles. The SMILES string of the molecule is CC(NC(=O)COc1cccc(N)c1)c1ccc(Cl)s1. The Morgan fingerprint density at radius 1 is 1.45 bits per heavy atom. The fraction of sp³-hybridized carbons (Fsp3) is 0.214. The lowest BCUT2D eigenvalue weighted by Gasteiger charge is -2.13. The Morgan fingerprint density at radius 2 is 2.25 bits per heavy atom. The van der Waals surface area contributed by atoms with Crippen LogP contribution in [-0.4, -0.2) is 12.5 Å². The third-order valence-electron chi connectivity index (χ3n) is 2.63. The Hall–Kier alpha value is -1.72. The summed E-state index contributed by atoms with van der Waals surface area (Å²) in [4.78, 5) is 12.8. The van der Waals surface area contributed by atoms with Crippen molar-refractivity contribution in [1.82, 2.24) is 5.32 Å². The van der Waals surface area contributed by atoms with Crippen LogP contribution in [0, 0.1) is 0 Å². The summed E-state index contributed by atoms with van der Waals surface area (Å²) in [6.45, 7) is 1.85. The van der Waals surface area contributed by atoms with E-state index in [2.05, 4.69) is 5.32 Å². The topological polar surface area (TPSA) is 64.3 Å². The highest BCUT2D eigenvalue weighted by Gasteiger charge is 2.12. The van der Waals surface area contributed by atoms with Crippen molar-refractivity contribution in [2.24, 2.45) is 0 Å². The first kappa shape index (κ1) is 14.7. The number of ether oxygens (including phenoxy) is 1. The van der Waals surface area contributed by atoms with E-state index < -0.39 is 0 Å². The number of benzene rings is 1. The van der Waals surface area contributed by atoms with Crippen molar-refractivity contribution in [3.8, 4) is 5.75 Å². The van der Waals surface area contributed by atoms with E-state index in [9.17, 15) is 4.79 Å². The number of nitrogen functional groups attached to an aromatic ring is 1. The predicted molar refractivity (Wildman–Crippen MR) is 82.2 cm³/mol. The molecule has 0 aliphatic rings. The van der Waals surface area contributed by atoms with Gasteiger partial charge in [0.15, 0.2) is 6.61 Å². The summed E-state index contributed by atoms with van der Waals surface area (Å²) >= 11 is 7.31. The molecule has 0 saturated carbocycles. The Morgan fingerprint density at radius 3 is 2.90 bits per heavy atom. The molecule has 0 radical (unpaired) electrons. The van der Waals surface area contributed by atoms with E-state index in [0.717, 1.165) is 4.88 Å². The number of carbonyl (C=O) groups is 1. The second-order valence-electron chi connectivity index (χ2n) is 4.29. The molecule has 2 rings (SSSR count). The van der Waals surface area contributed by atoms with Gasteiger partial charge in [0, 0.05) is 16.6 Å². The monoisotopic (exact) mass is 310 g/mol. The van der Waals surface area contributed by atoms with E-state index in [1.807, 2.05) is 19.1 Å². The Kier molecular flexibility index (Phi) is 4.87. The third kappa shape index (κ3) is 4.15. The molecule has 0 aliphatic carbocycles. The lowest BCUT2D eigenvalue weighted by Crippen LogP contribution is -2.30. The Bertz CT molecular complexity index is 600. The molecule has 3 N–H and O–H groups in total. The maximum absolute atomic E-state index is 11.8. The lowest BCUT2D eigenvalue weighted by atomic mass is 10.3. The molecular formula is C14H15ClN2O2S. The van der Waals surface area contributed by atoms with Gasteiger partial charge < -0.3 is 15.8 Å². The number of hydrogen-bond donors (Lipinski definition) is 2. The number of amides is 1. The number of rotatable bonds is 5. The van der Waals surface area contributed by atoms with E-state index in [1.54, 1.807) is 24.3 Å². The molecule has 4 nitrogen and oxygen atoms in total. The molecule has 0 bridgehead atoms. The van der Waals surface area contributed by atoms with Gasteiger partial charge in [-0.05, 0) is 31.2 Å². The van der Waals surface area contributed by atoms with Crippen LogP contribution >= 0.6 is 22.9 Å². The number of anilines is 1. The van der Waals surface area contributed by atoms with Crippen molar-refractivity contribution in [2.75, 3.05) is 12.3 Å². The smallest absolute Gasteiger partial charge is 0.258 e. The van der Waals surface area contributed by atoms with E-state index in [4.69, 9.17) is 22.1 Å². The molecule has 6 heteroatoms. The second kappa shape index (κ2) is 6.63. The summed E-state index contributed by atoms with van der Waals surface area (Å²) in [5.41, 5.74) is 6.23. The molecule has 0 fully saturated rings. The maximum atomic E-state index is 11.8. The average Bonchev–Trinajstić information content (AvgIpc) is 2.83. The average molecular weight is 311 g/mol. The van der Waals surface area contributed by atoms with E-state index in [0.29, 0.717) is 15.8 Å². The minimum Gasteiger partial charge on any atom is -0.484 e. The van der Waals surface area contributed by atoms with Crippen molar-refractivity contribution in [2.45, 2.75) is 13.0 Å². The van der Waals surface area contributed by atoms with Crippen LogP contribution in [0.2, 0.25) is 4.34 Å². The molecule has 1 unspecified atom stereocenters. The highest BCUT2D eigenvalue weighted by Crippen LogP contribution is 2.26. The summed E-state index contributed by atoms with van der Waals surface area (Å²) < 4.78 is 6.08. The van der Waals surface area contributed by atoms with Crippen LogP contribution in [0.15, 0.2) is 36.4 Å². The van der Waals surface area contributed by atoms with Crippen LogP contribution in [0.1, 0.15) is 17.8 Å². The molecule has 2 aromatic rings. The maximum Gasteiger partial charge on any atom is 0.258 e. The van der Waals surface area contributed by atoms with Gasteiger partial charge in [-0.25, -0.2) is 0 Å². The zero-order valence-electron chi connectivity index (χ0n) is 10.9. The van der Waals surface area contributed by atoms with Crippen LogP contribution < -0.4 is 15.8 Å². The standard InChI is InChI=1S/C14H15ClN2O2S/c1-9(12-5-6-13(15)20-12)17-14(18)8-19-11-4-2-3-10(16)7-11/h2-7,9H,8,16H2,1H3,(H,17,18). The highest BCUT2D eigenvalue weighted by molar-refractivity contribution is 7.16. The van der Waals surface area contributed by atoms with E-state index >= 15 is 0 Å². The summed E-state index contributed by atoms with van der Waals surface area (Å²) in [6, 6.07) is 10.6. The molecule has 1 amide bonds. The fourth-order valence-electron chi connectivity index (χ4n) is 1.67. The zero-order chi connectivity index (χ0) is 14.5. The van der Waals surface area contributed by atoms with Crippen molar-refractivity contribution < 1.29 is 9.53 Å². The Labute approximate surface area is 126 Å². The van der Waals surface area contributed by atoms with Gasteiger partial charge >= 0.3 is 0 Å². The van der Waals surface area contributed by atoms with Gasteiger partial charge in [0.05, 0.1) is 10.4 Å². The molecule has 1 aromatic carbocycles. The largest absolute Gasteiger partial charge is 0.484 e. The van der Waals surface area contributed by atoms with E-state index in [-0.39, 0.29) is 18.6 Å². The predicted octanol–water partition coefficient (Wildman–Crippen LogP) is 3.24. The Balaban J connectivity index is 1.83. The summed E-state index contributed by atoms with van der Waals surface area (Å²) in [5, 5.41) is 2.85. The number of carbonyl (C=O) groups excluding carboxylic acids is 1. The molecule has 20 heavy (non-hydrogen) atoms. The van der Waals surface area contributed by atoms with Gasteiger partial charge in [-0.15, -0.1) is 11.3 Å². The lowest BCUT2D eigenvalue weighted by molar-refractivity contribution is -0.123. The zero-order valence-corrected chi connectivity index (χ0v) is 12.5. The van der Waals surface area contributed by atoms with Crippen LogP contribution in [0.4, 0.5) is 5.69 Å². The number of halogens is 1. The second-order valence-corrected chi connectivity index (χ2v) is 6.04. The highest BCUT2D eigenvalue weighted by atomic mass is 35.5. The van der Waals surface area contributed by atoms with Crippen molar-refractivity contribution in [3.05, 3.63) is 45.6 Å². The number of nitrogens with two attached hydrogens (primary N) is 1. The first-order chi connectivity index (χ1) is 9.54. The molecule has 106 valence electrons. The minimum atomic E-state index is -0.190. The first-order valence-electron chi connectivity index (χ1n) is 6.07. The van der Waals surface area contributed by atoms with Crippen LogP contribution in [0.5, 0.6) is 5.75 Å². The number of hydrogen-bond acceptors (Lipinski definition) is 4. The van der Waals surface area contributed by atoms with Crippen molar-refractivity contribution >= 4 is 34.5 Å². The third-order valence-corrected chi connectivity index (χ3v) is 4.04. The quantitative estimate of drug-likeness (QED) is 0.833. The molecule has 0 spiro atoms. The van der Waals surface area contributed by atoms with Gasteiger partial charge in [-0.3, -0.25) is 4.79 Å². The number of nitrogens with one attached hydrogen (secondary N) is 1. The molecule has 1 atom stereocenters. The van der Waals surface area contributed by atoms with Gasteiger partial charge in [-0.2, -0.15) is 0 Å². The van der Waals surface area contributed by atoms with Gasteiger partial charge in [0.2, 0.25) is 0 Å². The van der Waals surface area contributed by atoms with Crippen molar-refractivity contribution in [1.29, 1.82) is 0 Å². The normalized spacial score (nSPS) is 11.9. The van der Waals surface area contributed by atoms with Gasteiger partial charge in [-0.1, -0.05) is 17.7 Å². The summed E-state index contributed by atoms with van der Waals surface area (Å²) in [6.07, 6.45) is 0. The van der Waals surface area contributed by atoms with Crippen molar-refractivity contribution in [3.63, 3.8) is 0 Å². The molecule has 1 heterocycles. The van der Waals surface area contributed by atoms with Crippen LogP contribution in [-0.2, 0) is 4.79 Å². The summed E-state index contributed by atoms with van der Waals surface area (Å²) in [5.74, 6) is 0.386. The summed E-state index contributed by atoms with van der Waals surface area (Å²) in [7, 11) is 0. The van der Waals surface area contributed by atoms with Gasteiger partial charge in [0.1, 0.15) is 5.75 Å². The first-order valence-corrected chi connectivity index (χ1v) is 7.27. The van der Waals surface area contributed by atoms with E-state index in [1.165, 1.54) is 11.3 Å². The van der Waals surface area contributed by atoms with Crippen LogP contribution in [0.3, 0.4) is 0 Å². The van der Waals surface area contributed by atoms with Crippen LogP contribution in [0.25, 0.3) is 0 Å². The fourth-order valence-corrected chi connectivity index (χ4v) is 2.73. The molecule has 0 aliphatic heterocycles. The van der Waals surface area contributed by atoms with Gasteiger partial charge in [0.25, 0.3) is 5.91 Å².